The number of hydrogen-bond donors (Lipinski definition) is 3. The summed E-state index contributed by atoms with van der Waals surface area (Å²) in [4.78, 5) is 51.5. The van der Waals surface area contributed by atoms with Crippen LogP contribution in [0.25, 0.3) is 28.4 Å². The smallest absolute Gasteiger partial charge is 0.328 e. The highest BCUT2D eigenvalue weighted by molar-refractivity contribution is 6.05. The van der Waals surface area contributed by atoms with E-state index in [4.69, 9.17) is 9.84 Å². The number of carboxylic acids is 1. The SMILES string of the molecule is COc1nc(NC(=O)C2(NC(=O)c3ccc4c(C5CCCC5)c(-c5ccccn5)n(C)c4c3)CCCC2)cnc1/C=C/C(=O)O. The number of aryl methyl sites for hydroxylation is 1. The Kier molecular flexibility index (Phi) is 8.34. The fraction of sp³-hybridized carbons (Fsp3) is 0.353. The monoisotopic (exact) mass is 608 g/mol. The molecule has 6 rings (SSSR count). The number of amides is 2. The molecule has 11 nitrogen and oxygen atoms in total. The summed E-state index contributed by atoms with van der Waals surface area (Å²) in [6.07, 6.45) is 12.6. The minimum Gasteiger partial charge on any atom is -0.479 e. The number of nitrogens with zero attached hydrogens (tertiary/aromatic N) is 4. The van der Waals surface area contributed by atoms with Crippen molar-refractivity contribution >= 4 is 40.6 Å². The van der Waals surface area contributed by atoms with Crippen LogP contribution in [0.1, 0.15) is 78.9 Å². The van der Waals surface area contributed by atoms with Crippen LogP contribution in [0.15, 0.2) is 54.9 Å². The Morgan fingerprint density at radius 2 is 1.84 bits per heavy atom. The summed E-state index contributed by atoms with van der Waals surface area (Å²) in [5.74, 6) is -1.21. The molecule has 0 aliphatic heterocycles. The zero-order valence-electron chi connectivity index (χ0n) is 25.4. The van der Waals surface area contributed by atoms with Gasteiger partial charge in [0.15, 0.2) is 5.82 Å². The Balaban J connectivity index is 1.28. The number of benzene rings is 1. The average Bonchev–Trinajstić information content (AvgIpc) is 3.81. The number of fused-ring (bicyclic) bond motifs is 1. The fourth-order valence-corrected chi connectivity index (χ4v) is 6.82. The van der Waals surface area contributed by atoms with Gasteiger partial charge in [-0.25, -0.2) is 9.78 Å². The Morgan fingerprint density at radius 3 is 2.53 bits per heavy atom. The number of nitrogens with one attached hydrogen (secondary N) is 2. The van der Waals surface area contributed by atoms with E-state index in [0.717, 1.165) is 54.1 Å². The predicted molar refractivity (Wildman–Crippen MR) is 170 cm³/mol. The Morgan fingerprint density at radius 1 is 1.07 bits per heavy atom. The molecule has 2 aliphatic carbocycles. The van der Waals surface area contributed by atoms with E-state index in [9.17, 15) is 14.4 Å². The number of hydrogen-bond acceptors (Lipinski definition) is 7. The van der Waals surface area contributed by atoms with E-state index < -0.39 is 11.5 Å². The van der Waals surface area contributed by atoms with Crippen molar-refractivity contribution in [2.75, 3.05) is 12.4 Å². The predicted octanol–water partition coefficient (Wildman–Crippen LogP) is 5.48. The van der Waals surface area contributed by atoms with E-state index in [-0.39, 0.29) is 29.2 Å². The lowest BCUT2D eigenvalue weighted by atomic mass is 9.92. The first-order valence-electron chi connectivity index (χ1n) is 15.3. The average molecular weight is 609 g/mol. The van der Waals surface area contributed by atoms with Crippen molar-refractivity contribution in [3.8, 4) is 17.3 Å². The molecule has 3 N–H and O–H groups in total. The zero-order chi connectivity index (χ0) is 31.6. The summed E-state index contributed by atoms with van der Waals surface area (Å²) < 4.78 is 7.38. The standard InChI is InChI=1S/C34H36N6O5/c1-40-26-19-22(12-13-23(26)29(21-9-3-4-10-21)30(40)24-11-5-8-18-35-24)31(43)39-34(16-6-7-17-34)33(44)38-27-20-36-25(14-15-28(41)42)32(37-27)45-2/h5,8,11-15,18-21H,3-4,6-7,9-10,16-17H2,1-2H3,(H,39,43)(H,41,42)(H,37,38,44)/b15-14+. The molecule has 45 heavy (non-hydrogen) atoms. The highest BCUT2D eigenvalue weighted by atomic mass is 16.5. The number of carbonyl (C=O) groups excluding carboxylic acids is 2. The maximum absolute atomic E-state index is 13.8. The van der Waals surface area contributed by atoms with Crippen LogP contribution in [0.2, 0.25) is 0 Å². The summed E-state index contributed by atoms with van der Waals surface area (Å²) in [5, 5.41) is 15.9. The summed E-state index contributed by atoms with van der Waals surface area (Å²) in [7, 11) is 3.41. The lowest BCUT2D eigenvalue weighted by Crippen LogP contribution is -2.55. The molecular formula is C34H36N6O5. The van der Waals surface area contributed by atoms with Crippen molar-refractivity contribution < 1.29 is 24.2 Å². The number of rotatable bonds is 9. The van der Waals surface area contributed by atoms with E-state index >= 15 is 0 Å². The first-order valence-corrected chi connectivity index (χ1v) is 15.3. The quantitative estimate of drug-likeness (QED) is 0.212. The number of aliphatic carboxylic acids is 1. The summed E-state index contributed by atoms with van der Waals surface area (Å²) >= 11 is 0. The first-order chi connectivity index (χ1) is 21.8. The molecule has 0 spiro atoms. The number of methoxy groups -OCH3 is 1. The molecule has 0 unspecified atom stereocenters. The second-order valence-electron chi connectivity index (χ2n) is 11.8. The second-order valence-corrected chi connectivity index (χ2v) is 11.8. The van der Waals surface area contributed by atoms with Gasteiger partial charge in [0.1, 0.15) is 11.2 Å². The Bertz CT molecular complexity index is 1790. The van der Waals surface area contributed by atoms with Gasteiger partial charge >= 0.3 is 5.97 Å². The normalized spacial score (nSPS) is 16.3. The second kappa shape index (κ2) is 12.5. The van der Waals surface area contributed by atoms with Crippen LogP contribution >= 0.6 is 0 Å². The first kappa shape index (κ1) is 30.0. The van der Waals surface area contributed by atoms with E-state index in [1.54, 1.807) is 0 Å². The molecule has 1 aromatic carbocycles. The summed E-state index contributed by atoms with van der Waals surface area (Å²) in [6.45, 7) is 0. The van der Waals surface area contributed by atoms with Crippen LogP contribution in [0.5, 0.6) is 5.88 Å². The number of pyridine rings is 1. The van der Waals surface area contributed by atoms with Gasteiger partial charge in [0, 0.05) is 35.8 Å². The number of carbonyl (C=O) groups is 3. The molecule has 232 valence electrons. The summed E-state index contributed by atoms with van der Waals surface area (Å²) in [6, 6.07) is 11.7. The Hall–Kier alpha value is -5.06. The third kappa shape index (κ3) is 5.90. The van der Waals surface area contributed by atoms with Gasteiger partial charge in [-0.2, -0.15) is 4.98 Å². The van der Waals surface area contributed by atoms with Crippen molar-refractivity contribution in [3.05, 3.63) is 71.7 Å². The van der Waals surface area contributed by atoms with Crippen LogP contribution in [-0.2, 0) is 16.6 Å². The van der Waals surface area contributed by atoms with Gasteiger partial charge in [0.25, 0.3) is 11.8 Å². The van der Waals surface area contributed by atoms with Crippen LogP contribution in [-0.4, -0.2) is 55.1 Å². The molecule has 2 fully saturated rings. The molecule has 0 saturated heterocycles. The zero-order valence-corrected chi connectivity index (χ0v) is 25.4. The molecule has 0 atom stereocenters. The maximum Gasteiger partial charge on any atom is 0.328 e. The third-order valence-electron chi connectivity index (χ3n) is 9.00. The van der Waals surface area contributed by atoms with Crippen LogP contribution in [0.4, 0.5) is 5.82 Å². The van der Waals surface area contributed by atoms with Gasteiger partial charge in [-0.15, -0.1) is 0 Å². The van der Waals surface area contributed by atoms with Gasteiger partial charge in [-0.3, -0.25) is 14.6 Å². The highest BCUT2D eigenvalue weighted by Crippen LogP contribution is 2.44. The number of anilines is 1. The molecule has 0 bridgehead atoms. The summed E-state index contributed by atoms with van der Waals surface area (Å²) in [5.41, 5.74) is 3.81. The minimum absolute atomic E-state index is 0.0627. The van der Waals surface area contributed by atoms with Gasteiger partial charge in [0.05, 0.1) is 24.7 Å². The van der Waals surface area contributed by atoms with Crippen LogP contribution in [0, 0.1) is 0 Å². The van der Waals surface area contributed by atoms with Crippen molar-refractivity contribution in [2.24, 2.45) is 7.05 Å². The molecule has 3 heterocycles. The number of ether oxygens (including phenoxy) is 1. The lowest BCUT2D eigenvalue weighted by Gasteiger charge is -2.29. The fourth-order valence-electron chi connectivity index (χ4n) is 6.82. The molecule has 2 saturated carbocycles. The largest absolute Gasteiger partial charge is 0.479 e. The lowest BCUT2D eigenvalue weighted by molar-refractivity contribution is -0.131. The minimum atomic E-state index is -1.13. The molecule has 3 aromatic heterocycles. The molecule has 4 aromatic rings. The van der Waals surface area contributed by atoms with Gasteiger partial charge in [0.2, 0.25) is 5.88 Å². The van der Waals surface area contributed by atoms with Crippen LogP contribution in [0.3, 0.4) is 0 Å². The van der Waals surface area contributed by atoms with E-state index in [0.29, 0.717) is 24.3 Å². The third-order valence-corrected chi connectivity index (χ3v) is 9.00. The van der Waals surface area contributed by atoms with E-state index in [1.165, 1.54) is 37.8 Å². The number of aromatic nitrogens is 4. The van der Waals surface area contributed by atoms with Crippen molar-refractivity contribution in [2.45, 2.75) is 62.8 Å². The van der Waals surface area contributed by atoms with Crippen molar-refractivity contribution in [1.29, 1.82) is 0 Å². The number of carboxylic acid groups (broad SMARTS) is 1. The maximum atomic E-state index is 13.8. The topological polar surface area (TPSA) is 148 Å². The molecule has 0 radical (unpaired) electrons. The van der Waals surface area contributed by atoms with Gasteiger partial charge in [-0.05, 0) is 67.5 Å². The molecular weight excluding hydrogens is 572 g/mol. The van der Waals surface area contributed by atoms with Crippen molar-refractivity contribution in [3.63, 3.8) is 0 Å². The van der Waals surface area contributed by atoms with E-state index in [2.05, 4.69) is 30.2 Å². The highest BCUT2D eigenvalue weighted by Gasteiger charge is 2.43. The van der Waals surface area contributed by atoms with Crippen LogP contribution < -0.4 is 15.4 Å². The van der Waals surface area contributed by atoms with E-state index in [1.807, 2.05) is 49.6 Å². The molecule has 11 heteroatoms. The van der Waals surface area contributed by atoms with Gasteiger partial charge in [-0.1, -0.05) is 37.8 Å². The van der Waals surface area contributed by atoms with Crippen molar-refractivity contribution in [1.82, 2.24) is 24.8 Å². The molecule has 2 amide bonds. The molecule has 2 aliphatic rings. The Labute approximate surface area is 260 Å². The van der Waals surface area contributed by atoms with Gasteiger partial charge < -0.3 is 25.0 Å².